The number of fused-ring (bicyclic) bond motifs is 1. The van der Waals surface area contributed by atoms with Crippen molar-refractivity contribution in [1.29, 1.82) is 0 Å². The molecular weight excluding hydrogens is 242 g/mol. The maximum Gasteiger partial charge on any atom is 0.339 e. The molecule has 0 saturated carbocycles. The van der Waals surface area contributed by atoms with Gasteiger partial charge in [-0.2, -0.15) is 0 Å². The average Bonchev–Trinajstić information content (AvgIpc) is 2.38. The molecule has 1 heterocycles. The Hall–Kier alpha value is -1.94. The molecule has 1 N–H and O–H groups in total. The van der Waals surface area contributed by atoms with Crippen LogP contribution in [0.5, 0.6) is 0 Å². The van der Waals surface area contributed by atoms with E-state index in [0.717, 1.165) is 16.5 Å². The number of esters is 1. The lowest BCUT2D eigenvalue weighted by Gasteiger charge is -2.16. The highest BCUT2D eigenvalue weighted by Crippen LogP contribution is 2.27. The summed E-state index contributed by atoms with van der Waals surface area (Å²) in [5, 5.41) is 11.1. The Morgan fingerprint density at radius 3 is 2.74 bits per heavy atom. The van der Waals surface area contributed by atoms with Crippen LogP contribution in [0, 0.1) is 13.8 Å². The molecule has 2 aromatic rings. The second-order valence-corrected chi connectivity index (χ2v) is 4.41. The maximum absolute atomic E-state index is 11.7. The zero-order valence-corrected chi connectivity index (χ0v) is 11.3. The molecule has 0 radical (unpaired) electrons. The minimum atomic E-state index is -1.28. The lowest BCUT2D eigenvalue weighted by atomic mass is 9.98. The SMILES string of the molecule is CCOC(=O)C(O)c1c(C)nc2ccccc2c1C. The highest BCUT2D eigenvalue weighted by atomic mass is 16.5. The van der Waals surface area contributed by atoms with Crippen LogP contribution in [0.25, 0.3) is 10.9 Å². The Kier molecular flexibility index (Phi) is 3.81. The molecule has 0 aliphatic rings. The molecule has 4 heteroatoms. The number of aromatic nitrogens is 1. The summed E-state index contributed by atoms with van der Waals surface area (Å²) in [5.74, 6) is -0.634. The first-order valence-corrected chi connectivity index (χ1v) is 6.26. The third-order valence-electron chi connectivity index (χ3n) is 3.17. The predicted octanol–water partition coefficient (Wildman–Crippen LogP) is 2.45. The van der Waals surface area contributed by atoms with E-state index in [1.54, 1.807) is 13.8 Å². The van der Waals surface area contributed by atoms with E-state index >= 15 is 0 Å². The fraction of sp³-hybridized carbons (Fsp3) is 0.333. The molecule has 0 fully saturated rings. The van der Waals surface area contributed by atoms with Crippen LogP contribution in [0.3, 0.4) is 0 Å². The third kappa shape index (κ3) is 2.44. The van der Waals surface area contributed by atoms with Gasteiger partial charge in [-0.25, -0.2) is 4.79 Å². The number of hydrogen-bond acceptors (Lipinski definition) is 4. The van der Waals surface area contributed by atoms with Gasteiger partial charge in [0.2, 0.25) is 0 Å². The normalized spacial score (nSPS) is 12.4. The number of pyridine rings is 1. The van der Waals surface area contributed by atoms with Crippen molar-refractivity contribution < 1.29 is 14.6 Å². The monoisotopic (exact) mass is 259 g/mol. The van der Waals surface area contributed by atoms with Crippen LogP contribution in [0.4, 0.5) is 0 Å². The fourth-order valence-electron chi connectivity index (χ4n) is 2.29. The standard InChI is InChI=1S/C15H17NO3/c1-4-19-15(18)14(17)13-9(2)11-7-5-6-8-12(11)16-10(13)3/h5-8,14,17H,4H2,1-3H3. The molecule has 1 atom stereocenters. The molecule has 0 saturated heterocycles. The number of para-hydroxylation sites is 1. The van der Waals surface area contributed by atoms with Crippen LogP contribution in [-0.2, 0) is 9.53 Å². The van der Waals surface area contributed by atoms with Gasteiger partial charge in [0.25, 0.3) is 0 Å². The summed E-state index contributed by atoms with van der Waals surface area (Å²) in [7, 11) is 0. The van der Waals surface area contributed by atoms with Gasteiger partial charge in [-0.3, -0.25) is 4.98 Å². The van der Waals surface area contributed by atoms with Crippen molar-refractivity contribution >= 4 is 16.9 Å². The number of aliphatic hydroxyl groups excluding tert-OH is 1. The molecule has 19 heavy (non-hydrogen) atoms. The largest absolute Gasteiger partial charge is 0.464 e. The van der Waals surface area contributed by atoms with Crippen LogP contribution in [0.15, 0.2) is 24.3 Å². The lowest BCUT2D eigenvalue weighted by molar-refractivity contribution is -0.153. The van der Waals surface area contributed by atoms with Crippen LogP contribution in [-0.4, -0.2) is 22.7 Å². The fourth-order valence-corrected chi connectivity index (χ4v) is 2.29. The summed E-state index contributed by atoms with van der Waals surface area (Å²) in [6.45, 7) is 5.63. The van der Waals surface area contributed by atoms with Crippen LogP contribution in [0.1, 0.15) is 29.8 Å². The van der Waals surface area contributed by atoms with E-state index in [1.165, 1.54) is 0 Å². The smallest absolute Gasteiger partial charge is 0.339 e. The number of rotatable bonds is 3. The molecule has 2 rings (SSSR count). The predicted molar refractivity (Wildman–Crippen MR) is 72.8 cm³/mol. The first kappa shape index (κ1) is 13.5. The van der Waals surface area contributed by atoms with Gasteiger partial charge in [-0.05, 0) is 32.4 Å². The van der Waals surface area contributed by atoms with E-state index in [2.05, 4.69) is 4.98 Å². The molecule has 0 bridgehead atoms. The number of aliphatic hydroxyl groups is 1. The number of hydrogen-bond donors (Lipinski definition) is 1. The molecule has 0 aliphatic heterocycles. The van der Waals surface area contributed by atoms with Gasteiger partial charge in [0.1, 0.15) is 0 Å². The maximum atomic E-state index is 11.7. The van der Waals surface area contributed by atoms with Crippen LogP contribution in [0.2, 0.25) is 0 Å². The number of carbonyl (C=O) groups is 1. The van der Waals surface area contributed by atoms with Gasteiger partial charge in [-0.15, -0.1) is 0 Å². The molecule has 1 unspecified atom stereocenters. The van der Waals surface area contributed by atoms with Gasteiger partial charge >= 0.3 is 5.97 Å². The number of nitrogens with zero attached hydrogens (tertiary/aromatic N) is 1. The molecule has 100 valence electrons. The van der Waals surface area contributed by atoms with Gasteiger partial charge in [0.15, 0.2) is 6.10 Å². The molecule has 1 aromatic carbocycles. The zero-order chi connectivity index (χ0) is 14.0. The van der Waals surface area contributed by atoms with Gasteiger partial charge in [0, 0.05) is 16.6 Å². The Morgan fingerprint density at radius 1 is 1.37 bits per heavy atom. The van der Waals surface area contributed by atoms with Gasteiger partial charge < -0.3 is 9.84 Å². The first-order valence-electron chi connectivity index (χ1n) is 6.26. The molecule has 4 nitrogen and oxygen atoms in total. The van der Waals surface area contributed by atoms with E-state index in [9.17, 15) is 9.90 Å². The summed E-state index contributed by atoms with van der Waals surface area (Å²) in [6.07, 6.45) is -1.28. The molecular formula is C15H17NO3. The Morgan fingerprint density at radius 2 is 2.05 bits per heavy atom. The Labute approximate surface area is 112 Å². The molecule has 0 spiro atoms. The van der Waals surface area contributed by atoms with Gasteiger partial charge in [-0.1, -0.05) is 18.2 Å². The minimum Gasteiger partial charge on any atom is -0.464 e. The summed E-state index contributed by atoms with van der Waals surface area (Å²) >= 11 is 0. The average molecular weight is 259 g/mol. The zero-order valence-electron chi connectivity index (χ0n) is 11.3. The lowest BCUT2D eigenvalue weighted by Crippen LogP contribution is -2.18. The summed E-state index contributed by atoms with van der Waals surface area (Å²) < 4.78 is 4.86. The highest BCUT2D eigenvalue weighted by Gasteiger charge is 2.24. The quantitative estimate of drug-likeness (QED) is 0.860. The van der Waals surface area contributed by atoms with Crippen molar-refractivity contribution in [1.82, 2.24) is 4.98 Å². The Balaban J connectivity index is 2.57. The van der Waals surface area contributed by atoms with Crippen molar-refractivity contribution in [2.75, 3.05) is 6.61 Å². The topological polar surface area (TPSA) is 59.4 Å². The summed E-state index contributed by atoms with van der Waals surface area (Å²) in [5.41, 5.74) is 2.91. The molecule has 0 aliphatic carbocycles. The van der Waals surface area contributed by atoms with Crippen molar-refractivity contribution in [3.05, 3.63) is 41.1 Å². The Bertz CT molecular complexity index is 622. The van der Waals surface area contributed by atoms with Crippen molar-refractivity contribution in [2.24, 2.45) is 0 Å². The van der Waals surface area contributed by atoms with Crippen molar-refractivity contribution in [3.8, 4) is 0 Å². The van der Waals surface area contributed by atoms with Crippen LogP contribution < -0.4 is 0 Å². The van der Waals surface area contributed by atoms with E-state index in [-0.39, 0.29) is 6.61 Å². The number of benzene rings is 1. The second kappa shape index (κ2) is 5.36. The van der Waals surface area contributed by atoms with Crippen molar-refractivity contribution in [2.45, 2.75) is 26.9 Å². The van der Waals surface area contributed by atoms with E-state index in [1.807, 2.05) is 31.2 Å². The van der Waals surface area contributed by atoms with E-state index in [4.69, 9.17) is 4.74 Å². The number of carbonyl (C=O) groups excluding carboxylic acids is 1. The molecule has 1 aromatic heterocycles. The summed E-state index contributed by atoms with van der Waals surface area (Å²) in [4.78, 5) is 16.1. The van der Waals surface area contributed by atoms with Crippen LogP contribution >= 0.6 is 0 Å². The number of aryl methyl sites for hydroxylation is 2. The number of ether oxygens (including phenoxy) is 1. The van der Waals surface area contributed by atoms with E-state index in [0.29, 0.717) is 11.3 Å². The van der Waals surface area contributed by atoms with Gasteiger partial charge in [0.05, 0.1) is 12.1 Å². The third-order valence-corrected chi connectivity index (χ3v) is 3.17. The first-order chi connectivity index (χ1) is 9.06. The highest BCUT2D eigenvalue weighted by molar-refractivity contribution is 5.86. The second-order valence-electron chi connectivity index (χ2n) is 4.41. The van der Waals surface area contributed by atoms with E-state index < -0.39 is 12.1 Å². The van der Waals surface area contributed by atoms with Crippen molar-refractivity contribution in [3.63, 3.8) is 0 Å². The molecule has 0 amide bonds. The minimum absolute atomic E-state index is 0.245. The summed E-state index contributed by atoms with van der Waals surface area (Å²) in [6, 6.07) is 7.66.